The molecule has 6 nitrogen and oxygen atoms in total. The van der Waals surface area contributed by atoms with E-state index in [1.165, 1.54) is 6.20 Å². The molecule has 0 aliphatic carbocycles. The van der Waals surface area contributed by atoms with Crippen LogP contribution in [0.4, 0.5) is 16.0 Å². The van der Waals surface area contributed by atoms with Crippen LogP contribution in [0.15, 0.2) is 18.5 Å². The third-order valence-electron chi connectivity index (χ3n) is 2.86. The van der Waals surface area contributed by atoms with Crippen molar-refractivity contribution in [3.63, 3.8) is 0 Å². The van der Waals surface area contributed by atoms with Gasteiger partial charge in [0.05, 0.1) is 28.8 Å². The van der Waals surface area contributed by atoms with Crippen LogP contribution in [0.1, 0.15) is 21.7 Å². The van der Waals surface area contributed by atoms with E-state index in [1.54, 1.807) is 18.7 Å². The molecule has 1 N–H and O–H groups in total. The quantitative estimate of drug-likeness (QED) is 0.935. The van der Waals surface area contributed by atoms with Gasteiger partial charge in [-0.05, 0) is 19.9 Å². The second-order valence-corrected chi connectivity index (χ2v) is 4.81. The molecular weight excluding hydrogens is 273 g/mol. The average Bonchev–Trinajstić information content (AvgIpc) is 2.42. The zero-order valence-corrected chi connectivity index (χ0v) is 12.3. The number of hydrogen-bond acceptors (Lipinski definition) is 5. The van der Waals surface area contributed by atoms with Gasteiger partial charge in [-0.25, -0.2) is 14.4 Å². The predicted molar refractivity (Wildman–Crippen MR) is 78.0 cm³/mol. The lowest BCUT2D eigenvalue weighted by Gasteiger charge is -2.15. The van der Waals surface area contributed by atoms with Gasteiger partial charge in [-0.2, -0.15) is 0 Å². The highest BCUT2D eigenvalue weighted by molar-refractivity contribution is 6.04. The topological polar surface area (TPSA) is 71.0 Å². The maximum absolute atomic E-state index is 13.1. The van der Waals surface area contributed by atoms with Crippen LogP contribution in [0.5, 0.6) is 0 Å². The maximum atomic E-state index is 13.1. The Morgan fingerprint density at radius 2 is 1.81 bits per heavy atom. The van der Waals surface area contributed by atoms with Crippen molar-refractivity contribution in [1.29, 1.82) is 0 Å². The predicted octanol–water partition coefficient (Wildman–Crippen LogP) is 1.95. The second kappa shape index (κ2) is 5.82. The van der Waals surface area contributed by atoms with Crippen molar-refractivity contribution in [2.45, 2.75) is 13.8 Å². The number of amides is 1. The molecule has 0 unspecified atom stereocenters. The largest absolute Gasteiger partial charge is 0.347 e. The molecule has 2 rings (SSSR count). The molecule has 0 aromatic carbocycles. The minimum Gasteiger partial charge on any atom is -0.347 e. The lowest BCUT2D eigenvalue weighted by Crippen LogP contribution is -2.18. The third-order valence-corrected chi connectivity index (χ3v) is 2.86. The number of hydrogen-bond donors (Lipinski definition) is 1. The summed E-state index contributed by atoms with van der Waals surface area (Å²) in [5, 5.41) is 2.70. The van der Waals surface area contributed by atoms with Crippen molar-refractivity contribution in [3.8, 4) is 0 Å². The van der Waals surface area contributed by atoms with Crippen LogP contribution < -0.4 is 10.2 Å². The molecule has 7 heteroatoms. The van der Waals surface area contributed by atoms with E-state index >= 15 is 0 Å². The van der Waals surface area contributed by atoms with E-state index in [4.69, 9.17) is 0 Å². The first-order chi connectivity index (χ1) is 9.88. The number of rotatable bonds is 3. The molecular formula is C14H16FN5O. The van der Waals surface area contributed by atoms with Crippen LogP contribution in [-0.4, -0.2) is 35.0 Å². The minimum absolute atomic E-state index is 0.144. The van der Waals surface area contributed by atoms with E-state index in [2.05, 4.69) is 20.3 Å². The second-order valence-electron chi connectivity index (χ2n) is 4.81. The van der Waals surface area contributed by atoms with Crippen LogP contribution in [0, 0.1) is 19.7 Å². The van der Waals surface area contributed by atoms with Crippen LogP contribution in [0.25, 0.3) is 0 Å². The van der Waals surface area contributed by atoms with Crippen LogP contribution in [0.2, 0.25) is 0 Å². The molecule has 0 bridgehead atoms. The fourth-order valence-electron chi connectivity index (χ4n) is 1.80. The monoisotopic (exact) mass is 289 g/mol. The van der Waals surface area contributed by atoms with E-state index in [9.17, 15) is 9.18 Å². The number of aromatic nitrogens is 3. The summed E-state index contributed by atoms with van der Waals surface area (Å²) in [6, 6.07) is 1.13. The summed E-state index contributed by atoms with van der Waals surface area (Å²) >= 11 is 0. The fourth-order valence-corrected chi connectivity index (χ4v) is 1.80. The summed E-state index contributed by atoms with van der Waals surface area (Å²) in [6.45, 7) is 3.56. The zero-order chi connectivity index (χ0) is 15.6. The van der Waals surface area contributed by atoms with E-state index in [1.807, 2.05) is 14.1 Å². The van der Waals surface area contributed by atoms with Gasteiger partial charge in [-0.15, -0.1) is 0 Å². The van der Waals surface area contributed by atoms with Crippen molar-refractivity contribution >= 4 is 17.5 Å². The van der Waals surface area contributed by atoms with Gasteiger partial charge >= 0.3 is 0 Å². The van der Waals surface area contributed by atoms with Crippen molar-refractivity contribution in [3.05, 3.63) is 41.2 Å². The third kappa shape index (κ3) is 3.31. The van der Waals surface area contributed by atoms with Crippen molar-refractivity contribution in [1.82, 2.24) is 15.0 Å². The summed E-state index contributed by atoms with van der Waals surface area (Å²) in [5.41, 5.74) is 1.95. The van der Waals surface area contributed by atoms with E-state index in [0.29, 0.717) is 23.0 Å². The molecule has 0 aliphatic heterocycles. The molecule has 2 aromatic heterocycles. The maximum Gasteiger partial charge on any atom is 0.257 e. The molecule has 0 radical (unpaired) electrons. The fraction of sp³-hybridized carbons (Fsp3) is 0.286. The van der Waals surface area contributed by atoms with Gasteiger partial charge < -0.3 is 10.2 Å². The average molecular weight is 289 g/mol. The number of anilines is 2. The molecule has 0 aliphatic rings. The van der Waals surface area contributed by atoms with E-state index in [-0.39, 0.29) is 5.56 Å². The van der Waals surface area contributed by atoms with Crippen LogP contribution in [0.3, 0.4) is 0 Å². The first-order valence-electron chi connectivity index (χ1n) is 6.33. The van der Waals surface area contributed by atoms with E-state index < -0.39 is 11.7 Å². The normalized spacial score (nSPS) is 10.3. The van der Waals surface area contributed by atoms with Crippen molar-refractivity contribution < 1.29 is 9.18 Å². The highest BCUT2D eigenvalue weighted by Crippen LogP contribution is 2.20. The molecule has 110 valence electrons. The molecule has 2 heterocycles. The first-order valence-corrected chi connectivity index (χ1v) is 6.33. The standard InChI is InChI=1S/C14H16FN5O/c1-8-12(9(2)18-14(17-8)20(3)4)19-13(21)10-5-11(15)7-16-6-10/h5-7H,1-4H3,(H,19,21). The molecule has 2 aromatic rings. The summed E-state index contributed by atoms with van der Waals surface area (Å²) < 4.78 is 13.1. The smallest absolute Gasteiger partial charge is 0.257 e. The summed E-state index contributed by atoms with van der Waals surface area (Å²) in [4.78, 5) is 26.2. The highest BCUT2D eigenvalue weighted by Gasteiger charge is 2.14. The zero-order valence-electron chi connectivity index (χ0n) is 12.3. The highest BCUT2D eigenvalue weighted by atomic mass is 19.1. The Balaban J connectivity index is 2.29. The number of aryl methyl sites for hydroxylation is 2. The number of carbonyl (C=O) groups excluding carboxylic acids is 1. The molecule has 1 amide bonds. The molecule has 0 fully saturated rings. The molecule has 0 saturated carbocycles. The molecule has 0 spiro atoms. The Kier molecular flexibility index (Phi) is 4.11. The number of halogens is 1. The van der Waals surface area contributed by atoms with Gasteiger partial charge in [-0.1, -0.05) is 0 Å². The lowest BCUT2D eigenvalue weighted by molar-refractivity contribution is 0.102. The Labute approximate surface area is 122 Å². The molecule has 0 saturated heterocycles. The van der Waals surface area contributed by atoms with E-state index in [0.717, 1.165) is 12.3 Å². The van der Waals surface area contributed by atoms with Crippen molar-refractivity contribution in [2.24, 2.45) is 0 Å². The summed E-state index contributed by atoms with van der Waals surface area (Å²) in [7, 11) is 3.68. The lowest BCUT2D eigenvalue weighted by atomic mass is 10.2. The van der Waals surface area contributed by atoms with Crippen molar-refractivity contribution in [2.75, 3.05) is 24.3 Å². The van der Waals surface area contributed by atoms with Gasteiger partial charge in [-0.3, -0.25) is 9.78 Å². The number of carbonyl (C=O) groups is 1. The minimum atomic E-state index is -0.560. The Bertz CT molecular complexity index is 664. The Morgan fingerprint density at radius 1 is 1.19 bits per heavy atom. The number of nitrogens with zero attached hydrogens (tertiary/aromatic N) is 4. The van der Waals surface area contributed by atoms with Crippen LogP contribution >= 0.6 is 0 Å². The summed E-state index contributed by atoms with van der Waals surface area (Å²) in [5.74, 6) is -0.444. The number of nitrogens with one attached hydrogen (secondary N) is 1. The molecule has 0 atom stereocenters. The Hall–Kier alpha value is -2.57. The molecule has 21 heavy (non-hydrogen) atoms. The SMILES string of the molecule is Cc1nc(N(C)C)nc(C)c1NC(=O)c1cncc(F)c1. The van der Waals surface area contributed by atoms with Gasteiger partial charge in [0.15, 0.2) is 0 Å². The van der Waals surface area contributed by atoms with Gasteiger partial charge in [0.1, 0.15) is 5.82 Å². The Morgan fingerprint density at radius 3 is 2.33 bits per heavy atom. The van der Waals surface area contributed by atoms with Gasteiger partial charge in [0, 0.05) is 20.3 Å². The first kappa shape index (κ1) is 14.8. The van der Waals surface area contributed by atoms with Crippen LogP contribution in [-0.2, 0) is 0 Å². The summed E-state index contributed by atoms with van der Waals surface area (Å²) in [6.07, 6.45) is 2.35. The van der Waals surface area contributed by atoms with Gasteiger partial charge in [0.2, 0.25) is 5.95 Å². The van der Waals surface area contributed by atoms with Gasteiger partial charge in [0.25, 0.3) is 5.91 Å². The number of pyridine rings is 1.